The summed E-state index contributed by atoms with van der Waals surface area (Å²) in [7, 11) is 1.72. The highest BCUT2D eigenvalue weighted by Crippen LogP contribution is 2.65. The zero-order valence-electron chi connectivity index (χ0n) is 21.9. The van der Waals surface area contributed by atoms with Gasteiger partial charge in [-0.2, -0.15) is 0 Å². The molecule has 1 N–H and O–H groups in total. The van der Waals surface area contributed by atoms with Gasteiger partial charge in [0.25, 0.3) is 0 Å². The molecule has 1 spiro atoms. The Hall–Kier alpha value is -2.19. The van der Waals surface area contributed by atoms with E-state index in [9.17, 15) is 19.5 Å². The summed E-state index contributed by atoms with van der Waals surface area (Å²) in [4.78, 5) is 46.8. The maximum absolute atomic E-state index is 14.1. The average molecular weight is 490 g/mol. The second kappa shape index (κ2) is 10.8. The second-order valence-corrected chi connectivity index (χ2v) is 10.6. The normalized spacial score (nSPS) is 33.1. The zero-order chi connectivity index (χ0) is 26.0. The molecule has 0 aliphatic carbocycles. The van der Waals surface area contributed by atoms with E-state index >= 15 is 0 Å². The number of unbranched alkanes of at least 4 members (excludes halogenated alkanes) is 2. The van der Waals surface area contributed by atoms with Crippen LogP contribution in [0.1, 0.15) is 52.9 Å². The van der Waals surface area contributed by atoms with Gasteiger partial charge in [0.15, 0.2) is 0 Å². The van der Waals surface area contributed by atoms with Crippen LogP contribution in [0.15, 0.2) is 25.3 Å². The van der Waals surface area contributed by atoms with Gasteiger partial charge in [-0.25, -0.2) is 0 Å². The molecule has 196 valence electrons. The molecule has 0 aromatic carbocycles. The summed E-state index contributed by atoms with van der Waals surface area (Å²) in [5, 5.41) is 9.32. The van der Waals surface area contributed by atoms with Gasteiger partial charge in [-0.05, 0) is 38.5 Å². The van der Waals surface area contributed by atoms with Crippen molar-refractivity contribution in [3.63, 3.8) is 0 Å². The van der Waals surface area contributed by atoms with Crippen LogP contribution < -0.4 is 0 Å². The summed E-state index contributed by atoms with van der Waals surface area (Å²) >= 11 is 0. The summed E-state index contributed by atoms with van der Waals surface area (Å²) in [6.07, 6.45) is 6.83. The van der Waals surface area contributed by atoms with Gasteiger partial charge < -0.3 is 24.5 Å². The van der Waals surface area contributed by atoms with E-state index in [1.807, 2.05) is 6.92 Å². The molecule has 3 aliphatic heterocycles. The Morgan fingerprint density at radius 1 is 1.20 bits per heavy atom. The highest BCUT2D eigenvalue weighted by Gasteiger charge is 2.80. The van der Waals surface area contributed by atoms with Crippen molar-refractivity contribution in [1.29, 1.82) is 0 Å². The van der Waals surface area contributed by atoms with Crippen molar-refractivity contribution in [1.82, 2.24) is 14.7 Å². The minimum absolute atomic E-state index is 0.00817. The Kier molecular flexibility index (Phi) is 8.48. The van der Waals surface area contributed by atoms with E-state index in [1.165, 1.54) is 0 Å². The fourth-order valence-electron chi connectivity index (χ4n) is 6.52. The van der Waals surface area contributed by atoms with E-state index in [-0.39, 0.29) is 30.2 Å². The molecule has 35 heavy (non-hydrogen) atoms. The lowest BCUT2D eigenvalue weighted by atomic mass is 9.62. The number of amides is 3. The van der Waals surface area contributed by atoms with Gasteiger partial charge in [0.2, 0.25) is 17.7 Å². The van der Waals surface area contributed by atoms with Crippen molar-refractivity contribution < 1.29 is 24.2 Å². The lowest BCUT2D eigenvalue weighted by Gasteiger charge is -2.38. The third kappa shape index (κ3) is 4.44. The van der Waals surface area contributed by atoms with Crippen molar-refractivity contribution in [3.8, 4) is 0 Å². The standard InChI is InChI=1S/C27H43N3O5/c1-7-10-15-29(14-9-3)25(34)22-27-18-19(4)26(5,35-27)20(23(32)28(6)13-8-2)21(27)24(33)30(22)16-11-12-17-31/h8-9,19-22,31H,2-3,7,10-18H2,1,4-6H3/t19?,20-,21+,22?,26+,27?/m1/s1. The predicted molar refractivity (Wildman–Crippen MR) is 134 cm³/mol. The van der Waals surface area contributed by atoms with Crippen LogP contribution in [0, 0.1) is 17.8 Å². The minimum Gasteiger partial charge on any atom is -0.396 e. The predicted octanol–water partition coefficient (Wildman–Crippen LogP) is 2.23. The van der Waals surface area contributed by atoms with E-state index in [1.54, 1.807) is 33.9 Å². The SMILES string of the molecule is C=CCN(C)C(=O)[C@H]1[C@H]2C(=O)N(CCCCO)C(C(=O)N(CC=C)CCCC)C23CC(C)[C@]1(C)O3. The summed E-state index contributed by atoms with van der Waals surface area (Å²) < 4.78 is 6.76. The van der Waals surface area contributed by atoms with Crippen molar-refractivity contribution in [3.05, 3.63) is 25.3 Å². The number of ether oxygens (including phenoxy) is 1. The highest BCUT2D eigenvalue weighted by molar-refractivity contribution is 5.99. The maximum Gasteiger partial charge on any atom is 0.248 e. The first-order valence-corrected chi connectivity index (χ1v) is 13.0. The molecule has 8 heteroatoms. The number of aliphatic hydroxyl groups is 1. The smallest absolute Gasteiger partial charge is 0.248 e. The Labute approximate surface area is 210 Å². The minimum atomic E-state index is -1.04. The van der Waals surface area contributed by atoms with E-state index in [2.05, 4.69) is 27.0 Å². The Bertz CT molecular complexity index is 847. The van der Waals surface area contributed by atoms with Gasteiger partial charge in [-0.1, -0.05) is 32.4 Å². The van der Waals surface area contributed by atoms with Crippen molar-refractivity contribution in [2.24, 2.45) is 17.8 Å². The van der Waals surface area contributed by atoms with E-state index in [0.717, 1.165) is 12.8 Å². The number of likely N-dealkylation sites (N-methyl/N-ethyl adjacent to an activating group) is 1. The fourth-order valence-corrected chi connectivity index (χ4v) is 6.52. The molecule has 3 saturated heterocycles. The first kappa shape index (κ1) is 27.4. The lowest BCUT2D eigenvalue weighted by Crippen LogP contribution is -2.57. The number of carbonyl (C=O) groups excluding carboxylic acids is 3. The third-order valence-electron chi connectivity index (χ3n) is 8.34. The monoisotopic (exact) mass is 489 g/mol. The molecule has 3 fully saturated rings. The number of rotatable bonds is 13. The van der Waals surface area contributed by atoms with E-state index in [0.29, 0.717) is 45.4 Å². The third-order valence-corrected chi connectivity index (χ3v) is 8.34. The molecule has 3 rings (SSSR count). The van der Waals surface area contributed by atoms with Crippen LogP contribution in [-0.4, -0.2) is 94.6 Å². The Morgan fingerprint density at radius 2 is 1.89 bits per heavy atom. The van der Waals surface area contributed by atoms with E-state index < -0.39 is 29.1 Å². The van der Waals surface area contributed by atoms with Gasteiger partial charge >= 0.3 is 0 Å². The number of carbonyl (C=O) groups is 3. The Balaban J connectivity index is 2.07. The average Bonchev–Trinajstić information content (AvgIpc) is 3.33. The van der Waals surface area contributed by atoms with Crippen LogP contribution in [0.5, 0.6) is 0 Å². The van der Waals surface area contributed by atoms with Crippen molar-refractivity contribution >= 4 is 17.7 Å². The summed E-state index contributed by atoms with van der Waals surface area (Å²) in [5.74, 6) is -1.82. The highest BCUT2D eigenvalue weighted by atomic mass is 16.5. The summed E-state index contributed by atoms with van der Waals surface area (Å²) in [6.45, 7) is 15.3. The molecule has 0 saturated carbocycles. The number of hydrogen-bond acceptors (Lipinski definition) is 5. The number of likely N-dealkylation sites (tertiary alicyclic amines) is 1. The molecule has 2 bridgehead atoms. The van der Waals surface area contributed by atoms with E-state index in [4.69, 9.17) is 4.74 Å². The van der Waals surface area contributed by atoms with Crippen LogP contribution in [0.2, 0.25) is 0 Å². The van der Waals surface area contributed by atoms with Gasteiger partial charge in [0.1, 0.15) is 11.6 Å². The van der Waals surface area contributed by atoms with Gasteiger partial charge in [0, 0.05) is 39.8 Å². The van der Waals surface area contributed by atoms with Crippen molar-refractivity contribution in [2.45, 2.75) is 70.1 Å². The lowest BCUT2D eigenvalue weighted by molar-refractivity contribution is -0.154. The van der Waals surface area contributed by atoms with Crippen LogP contribution in [-0.2, 0) is 19.1 Å². The van der Waals surface area contributed by atoms with Crippen molar-refractivity contribution in [2.75, 3.05) is 39.8 Å². The topological polar surface area (TPSA) is 90.4 Å². The van der Waals surface area contributed by atoms with Gasteiger partial charge in [-0.3, -0.25) is 14.4 Å². The molecule has 3 aliphatic rings. The van der Waals surface area contributed by atoms with Crippen LogP contribution in [0.3, 0.4) is 0 Å². The van der Waals surface area contributed by atoms with Gasteiger partial charge in [0.05, 0.1) is 17.4 Å². The summed E-state index contributed by atoms with van der Waals surface area (Å²) in [5.41, 5.74) is -1.86. The first-order chi connectivity index (χ1) is 16.6. The second-order valence-electron chi connectivity index (χ2n) is 10.6. The van der Waals surface area contributed by atoms with Gasteiger partial charge in [-0.15, -0.1) is 13.2 Å². The molecule has 0 aromatic heterocycles. The molecule has 0 aromatic rings. The largest absolute Gasteiger partial charge is 0.396 e. The zero-order valence-corrected chi connectivity index (χ0v) is 21.9. The summed E-state index contributed by atoms with van der Waals surface area (Å²) in [6, 6.07) is -0.790. The number of fused-ring (bicyclic) bond motifs is 1. The molecule has 0 radical (unpaired) electrons. The number of hydrogen-bond donors (Lipinski definition) is 1. The van der Waals surface area contributed by atoms with Crippen LogP contribution in [0.25, 0.3) is 0 Å². The molecule has 6 atom stereocenters. The molecular weight excluding hydrogens is 446 g/mol. The molecule has 3 heterocycles. The number of aliphatic hydroxyl groups excluding tert-OH is 1. The maximum atomic E-state index is 14.1. The molecule has 3 unspecified atom stereocenters. The quantitative estimate of drug-likeness (QED) is 0.317. The van der Waals surface area contributed by atoms with Crippen LogP contribution >= 0.6 is 0 Å². The molecule has 8 nitrogen and oxygen atoms in total. The molecule has 3 amide bonds. The fraction of sp³-hybridized carbons (Fsp3) is 0.741. The Morgan fingerprint density at radius 3 is 2.49 bits per heavy atom. The van der Waals surface area contributed by atoms with Crippen LogP contribution in [0.4, 0.5) is 0 Å². The molecular formula is C27H43N3O5. The first-order valence-electron chi connectivity index (χ1n) is 13.0. The number of nitrogens with zero attached hydrogens (tertiary/aromatic N) is 3.